The summed E-state index contributed by atoms with van der Waals surface area (Å²) in [5.74, 6) is 1.59. The molecule has 0 bridgehead atoms. The molecule has 0 amide bonds. The van der Waals surface area contributed by atoms with Gasteiger partial charge in [-0.05, 0) is 45.2 Å². The maximum absolute atomic E-state index is 6.18. The molecule has 0 saturated heterocycles. The Balaban J connectivity index is 1.49. The van der Waals surface area contributed by atoms with Crippen molar-refractivity contribution in [1.82, 2.24) is 0 Å². The van der Waals surface area contributed by atoms with E-state index >= 15 is 0 Å². The zero-order valence-corrected chi connectivity index (χ0v) is 17.8. The van der Waals surface area contributed by atoms with Crippen LogP contribution < -0.4 is 9.47 Å². The van der Waals surface area contributed by atoms with E-state index in [1.165, 1.54) is 10.8 Å². The van der Waals surface area contributed by atoms with Crippen molar-refractivity contribution in [2.75, 3.05) is 0 Å². The Morgan fingerprint density at radius 2 is 1.00 bits per heavy atom. The standard InChI is InChI=1S/C30H24O2/c1-3-10-23(11-4-1)21-31-27-18-26(30-17-9-15-25-14-7-8-16-29(25)30)19-28(20-27)32-22-24-12-5-2-6-13-24/h1-20H,21-22H2. The van der Waals surface area contributed by atoms with Gasteiger partial charge in [-0.25, -0.2) is 0 Å². The zero-order valence-electron chi connectivity index (χ0n) is 17.8. The van der Waals surface area contributed by atoms with Crippen molar-refractivity contribution < 1.29 is 9.47 Å². The minimum Gasteiger partial charge on any atom is -0.489 e. The summed E-state index contributed by atoms with van der Waals surface area (Å²) in [7, 11) is 0. The van der Waals surface area contributed by atoms with E-state index in [-0.39, 0.29) is 0 Å². The molecule has 0 N–H and O–H groups in total. The van der Waals surface area contributed by atoms with Gasteiger partial charge in [0.25, 0.3) is 0 Å². The highest BCUT2D eigenvalue weighted by molar-refractivity contribution is 5.97. The molecule has 0 radical (unpaired) electrons. The van der Waals surface area contributed by atoms with E-state index < -0.39 is 0 Å². The number of hydrogen-bond donors (Lipinski definition) is 0. The number of ether oxygens (including phenoxy) is 2. The lowest BCUT2D eigenvalue weighted by molar-refractivity contribution is 0.290. The van der Waals surface area contributed by atoms with E-state index in [1.54, 1.807) is 0 Å². The predicted octanol–water partition coefficient (Wildman–Crippen LogP) is 7.66. The van der Waals surface area contributed by atoms with E-state index in [0.29, 0.717) is 13.2 Å². The summed E-state index contributed by atoms with van der Waals surface area (Å²) in [6, 6.07) is 41.4. The highest BCUT2D eigenvalue weighted by atomic mass is 16.5. The molecule has 32 heavy (non-hydrogen) atoms. The molecule has 0 heterocycles. The highest BCUT2D eigenvalue weighted by Crippen LogP contribution is 2.34. The molecule has 0 aliphatic rings. The lowest BCUT2D eigenvalue weighted by Gasteiger charge is -2.14. The summed E-state index contributed by atoms with van der Waals surface area (Å²) >= 11 is 0. The Morgan fingerprint density at radius 3 is 1.62 bits per heavy atom. The molecule has 0 aliphatic carbocycles. The number of rotatable bonds is 7. The minimum atomic E-state index is 0.512. The van der Waals surface area contributed by atoms with Gasteiger partial charge < -0.3 is 9.47 Å². The molecule has 5 aromatic carbocycles. The molecule has 2 nitrogen and oxygen atoms in total. The second-order valence-corrected chi connectivity index (χ2v) is 7.77. The summed E-state index contributed by atoms with van der Waals surface area (Å²) in [6.07, 6.45) is 0. The molecule has 0 atom stereocenters. The third-order valence-corrected chi connectivity index (χ3v) is 5.48. The zero-order chi connectivity index (χ0) is 21.6. The molecule has 2 heteroatoms. The second kappa shape index (κ2) is 9.40. The fraction of sp³-hybridized carbons (Fsp3) is 0.0667. The van der Waals surface area contributed by atoms with Crippen LogP contribution in [0.1, 0.15) is 11.1 Å². The number of fused-ring (bicyclic) bond motifs is 1. The summed E-state index contributed by atoms with van der Waals surface area (Å²) < 4.78 is 12.4. The maximum atomic E-state index is 6.18. The molecular weight excluding hydrogens is 392 g/mol. The third kappa shape index (κ3) is 4.65. The SMILES string of the molecule is c1ccc(COc2cc(OCc3ccccc3)cc(-c3cccc4ccccc34)c2)cc1. The molecule has 5 rings (SSSR count). The van der Waals surface area contributed by atoms with Crippen LogP contribution in [0.2, 0.25) is 0 Å². The first kappa shape index (κ1) is 19.9. The van der Waals surface area contributed by atoms with Gasteiger partial charge in [0.2, 0.25) is 0 Å². The smallest absolute Gasteiger partial charge is 0.124 e. The van der Waals surface area contributed by atoms with E-state index in [4.69, 9.17) is 9.47 Å². The first-order chi connectivity index (χ1) is 15.8. The molecule has 0 saturated carbocycles. The molecule has 5 aromatic rings. The Kier molecular flexibility index (Phi) is 5.85. The Morgan fingerprint density at radius 1 is 0.469 bits per heavy atom. The largest absolute Gasteiger partial charge is 0.489 e. The van der Waals surface area contributed by atoms with Gasteiger partial charge in [-0.1, -0.05) is 103 Å². The van der Waals surface area contributed by atoms with E-state index in [9.17, 15) is 0 Å². The molecule has 0 aliphatic heterocycles. The second-order valence-electron chi connectivity index (χ2n) is 7.77. The van der Waals surface area contributed by atoms with Gasteiger partial charge in [0.15, 0.2) is 0 Å². The first-order valence-corrected chi connectivity index (χ1v) is 10.8. The minimum absolute atomic E-state index is 0.512. The van der Waals surface area contributed by atoms with Gasteiger partial charge in [0.05, 0.1) is 0 Å². The van der Waals surface area contributed by atoms with Gasteiger partial charge >= 0.3 is 0 Å². The Labute approximate surface area is 188 Å². The molecular formula is C30H24O2. The van der Waals surface area contributed by atoms with E-state index in [2.05, 4.69) is 78.9 Å². The van der Waals surface area contributed by atoms with Gasteiger partial charge in [-0.2, -0.15) is 0 Å². The van der Waals surface area contributed by atoms with Crippen LogP contribution in [0.4, 0.5) is 0 Å². The quantitative estimate of drug-likeness (QED) is 0.271. The molecule has 156 valence electrons. The highest BCUT2D eigenvalue weighted by Gasteiger charge is 2.09. The van der Waals surface area contributed by atoms with Crippen molar-refractivity contribution in [2.45, 2.75) is 13.2 Å². The van der Waals surface area contributed by atoms with Crippen LogP contribution in [0.5, 0.6) is 11.5 Å². The maximum Gasteiger partial charge on any atom is 0.124 e. The van der Waals surface area contributed by atoms with Crippen LogP contribution in [0.15, 0.2) is 121 Å². The van der Waals surface area contributed by atoms with Crippen LogP contribution in [0, 0.1) is 0 Å². The van der Waals surface area contributed by atoms with Crippen LogP contribution in [-0.2, 0) is 13.2 Å². The van der Waals surface area contributed by atoms with Crippen molar-refractivity contribution in [1.29, 1.82) is 0 Å². The normalized spacial score (nSPS) is 10.8. The summed E-state index contributed by atoms with van der Waals surface area (Å²) in [5, 5.41) is 2.43. The van der Waals surface area contributed by atoms with E-state index in [0.717, 1.165) is 33.8 Å². The van der Waals surface area contributed by atoms with Crippen molar-refractivity contribution in [2.24, 2.45) is 0 Å². The average Bonchev–Trinajstić information content (AvgIpc) is 2.87. The van der Waals surface area contributed by atoms with Gasteiger partial charge in [0, 0.05) is 6.07 Å². The number of hydrogen-bond acceptors (Lipinski definition) is 2. The van der Waals surface area contributed by atoms with Gasteiger partial charge in [0.1, 0.15) is 24.7 Å². The molecule has 0 fully saturated rings. The van der Waals surface area contributed by atoms with Gasteiger partial charge in [-0.3, -0.25) is 0 Å². The summed E-state index contributed by atoms with van der Waals surface area (Å²) in [4.78, 5) is 0. The van der Waals surface area contributed by atoms with Crippen molar-refractivity contribution >= 4 is 10.8 Å². The van der Waals surface area contributed by atoms with E-state index in [1.807, 2.05) is 42.5 Å². The fourth-order valence-electron chi connectivity index (χ4n) is 3.85. The summed E-state index contributed by atoms with van der Waals surface area (Å²) in [5.41, 5.74) is 4.51. The van der Waals surface area contributed by atoms with Crippen molar-refractivity contribution in [3.8, 4) is 22.6 Å². The van der Waals surface area contributed by atoms with Crippen molar-refractivity contribution in [3.05, 3.63) is 132 Å². The lowest BCUT2D eigenvalue weighted by atomic mass is 9.98. The van der Waals surface area contributed by atoms with Gasteiger partial charge in [-0.15, -0.1) is 0 Å². The van der Waals surface area contributed by atoms with Crippen LogP contribution >= 0.6 is 0 Å². The average molecular weight is 417 g/mol. The van der Waals surface area contributed by atoms with Crippen LogP contribution in [0.25, 0.3) is 21.9 Å². The Hall–Kier alpha value is -4.04. The first-order valence-electron chi connectivity index (χ1n) is 10.8. The van der Waals surface area contributed by atoms with Crippen LogP contribution in [0.3, 0.4) is 0 Å². The molecule has 0 spiro atoms. The van der Waals surface area contributed by atoms with Crippen molar-refractivity contribution in [3.63, 3.8) is 0 Å². The fourth-order valence-corrected chi connectivity index (χ4v) is 3.85. The monoisotopic (exact) mass is 416 g/mol. The Bertz CT molecular complexity index is 1240. The summed E-state index contributed by atoms with van der Waals surface area (Å²) in [6.45, 7) is 1.02. The number of benzene rings is 5. The lowest BCUT2D eigenvalue weighted by Crippen LogP contribution is -1.98. The third-order valence-electron chi connectivity index (χ3n) is 5.48. The predicted molar refractivity (Wildman–Crippen MR) is 131 cm³/mol. The topological polar surface area (TPSA) is 18.5 Å². The van der Waals surface area contributed by atoms with Crippen LogP contribution in [-0.4, -0.2) is 0 Å². The molecule has 0 aromatic heterocycles. The molecule has 0 unspecified atom stereocenters.